The molecule has 0 saturated carbocycles. The molecule has 19 heavy (non-hydrogen) atoms. The Morgan fingerprint density at radius 1 is 1.21 bits per heavy atom. The van der Waals surface area contributed by atoms with Crippen molar-refractivity contribution in [3.63, 3.8) is 0 Å². The lowest BCUT2D eigenvalue weighted by Crippen LogP contribution is -2.35. The minimum absolute atomic E-state index is 0.0363. The second-order valence-electron chi connectivity index (χ2n) is 5.34. The van der Waals surface area contributed by atoms with E-state index in [1.807, 2.05) is 12.1 Å². The summed E-state index contributed by atoms with van der Waals surface area (Å²) in [5.41, 5.74) is 1.01. The van der Waals surface area contributed by atoms with Gasteiger partial charge in [0, 0.05) is 16.0 Å². The Hall–Kier alpha value is -1.33. The van der Waals surface area contributed by atoms with E-state index in [0.29, 0.717) is 18.3 Å². The Bertz CT molecular complexity index is 528. The Labute approximate surface area is 118 Å². The van der Waals surface area contributed by atoms with Gasteiger partial charge in [0.1, 0.15) is 0 Å². The summed E-state index contributed by atoms with van der Waals surface area (Å²) in [5.74, 6) is 1.25. The zero-order valence-electron chi connectivity index (χ0n) is 11.7. The van der Waals surface area contributed by atoms with Crippen LogP contribution in [0.15, 0.2) is 33.7 Å². The molecule has 0 aliphatic heterocycles. The van der Waals surface area contributed by atoms with Gasteiger partial charge in [0.15, 0.2) is 0 Å². The van der Waals surface area contributed by atoms with Crippen LogP contribution in [0.25, 0.3) is 11.4 Å². The summed E-state index contributed by atoms with van der Waals surface area (Å²) < 4.78 is 5.24. The van der Waals surface area contributed by atoms with Crippen molar-refractivity contribution in [3.8, 4) is 11.4 Å². The van der Waals surface area contributed by atoms with Crippen LogP contribution in [0.1, 0.15) is 26.7 Å². The molecule has 4 nitrogen and oxygen atoms in total. The summed E-state index contributed by atoms with van der Waals surface area (Å²) in [6, 6.07) is 8.14. The van der Waals surface area contributed by atoms with Gasteiger partial charge in [0.05, 0.1) is 6.54 Å². The molecule has 0 atom stereocenters. The highest BCUT2D eigenvalue weighted by atomic mass is 32.2. The van der Waals surface area contributed by atoms with Crippen molar-refractivity contribution >= 4 is 11.8 Å². The van der Waals surface area contributed by atoms with Crippen molar-refractivity contribution in [2.75, 3.05) is 6.26 Å². The minimum atomic E-state index is 0.0363. The second-order valence-corrected chi connectivity index (χ2v) is 6.22. The van der Waals surface area contributed by atoms with Gasteiger partial charge in [-0.2, -0.15) is 4.98 Å². The lowest BCUT2D eigenvalue weighted by atomic mass is 10.1. The standard InChI is InChI=1S/C14H19N3OS/c1-14(2,3)15-9-12-16-13(17-18-12)10-5-7-11(19-4)8-6-10/h5-8,15H,9H2,1-4H3. The van der Waals surface area contributed by atoms with Crippen LogP contribution in [0.3, 0.4) is 0 Å². The van der Waals surface area contributed by atoms with Crippen molar-refractivity contribution in [2.24, 2.45) is 0 Å². The average molecular weight is 277 g/mol. The summed E-state index contributed by atoms with van der Waals surface area (Å²) in [5, 5.41) is 7.33. The van der Waals surface area contributed by atoms with Crippen molar-refractivity contribution in [2.45, 2.75) is 37.8 Å². The molecule has 0 unspecified atom stereocenters. The van der Waals surface area contributed by atoms with Gasteiger partial charge in [-0.05, 0) is 51.3 Å². The monoisotopic (exact) mass is 277 g/mol. The largest absolute Gasteiger partial charge is 0.338 e. The fraction of sp³-hybridized carbons (Fsp3) is 0.429. The molecule has 1 aromatic heterocycles. The second kappa shape index (κ2) is 5.75. The van der Waals surface area contributed by atoms with Gasteiger partial charge in [-0.25, -0.2) is 0 Å². The summed E-state index contributed by atoms with van der Waals surface area (Å²) in [6.07, 6.45) is 2.06. The SMILES string of the molecule is CSc1ccc(-c2noc(CNC(C)(C)C)n2)cc1. The van der Waals surface area contributed by atoms with Crippen molar-refractivity contribution in [1.29, 1.82) is 0 Å². The highest BCUT2D eigenvalue weighted by Gasteiger charge is 2.13. The summed E-state index contributed by atoms with van der Waals surface area (Å²) in [7, 11) is 0. The van der Waals surface area contributed by atoms with Crippen LogP contribution in [-0.4, -0.2) is 21.9 Å². The lowest BCUT2D eigenvalue weighted by molar-refractivity contribution is 0.336. The molecule has 2 rings (SSSR count). The van der Waals surface area contributed by atoms with Crippen molar-refractivity contribution in [3.05, 3.63) is 30.2 Å². The molecule has 1 N–H and O–H groups in total. The number of thioether (sulfide) groups is 1. The van der Waals surface area contributed by atoms with E-state index in [0.717, 1.165) is 5.56 Å². The zero-order valence-corrected chi connectivity index (χ0v) is 12.5. The van der Waals surface area contributed by atoms with Crippen LogP contribution in [0.2, 0.25) is 0 Å². The van der Waals surface area contributed by atoms with Crippen LogP contribution in [-0.2, 0) is 6.54 Å². The molecular formula is C14H19N3OS. The van der Waals surface area contributed by atoms with Gasteiger partial charge in [-0.15, -0.1) is 11.8 Å². The molecule has 0 fully saturated rings. The number of hydrogen-bond acceptors (Lipinski definition) is 5. The van der Waals surface area contributed by atoms with Crippen molar-refractivity contribution in [1.82, 2.24) is 15.5 Å². The molecule has 1 heterocycles. The van der Waals surface area contributed by atoms with E-state index < -0.39 is 0 Å². The average Bonchev–Trinajstić information content (AvgIpc) is 2.84. The quantitative estimate of drug-likeness (QED) is 0.869. The van der Waals surface area contributed by atoms with Gasteiger partial charge >= 0.3 is 0 Å². The number of nitrogens with one attached hydrogen (secondary N) is 1. The predicted molar refractivity (Wildman–Crippen MR) is 78.1 cm³/mol. The smallest absolute Gasteiger partial charge is 0.240 e. The molecule has 1 aromatic carbocycles. The summed E-state index contributed by atoms with van der Waals surface area (Å²) >= 11 is 1.71. The molecule has 0 aliphatic rings. The maximum atomic E-state index is 5.24. The normalized spacial score (nSPS) is 11.8. The maximum absolute atomic E-state index is 5.24. The van der Waals surface area contributed by atoms with Gasteiger partial charge in [-0.1, -0.05) is 5.16 Å². The van der Waals surface area contributed by atoms with Crippen LogP contribution >= 0.6 is 11.8 Å². The van der Waals surface area contributed by atoms with Gasteiger partial charge < -0.3 is 9.84 Å². The van der Waals surface area contributed by atoms with E-state index in [9.17, 15) is 0 Å². The Kier molecular flexibility index (Phi) is 4.27. The fourth-order valence-corrected chi connectivity index (χ4v) is 1.93. The Balaban J connectivity index is 2.07. The highest BCUT2D eigenvalue weighted by Crippen LogP contribution is 2.20. The summed E-state index contributed by atoms with van der Waals surface area (Å²) in [6.45, 7) is 6.89. The molecular weight excluding hydrogens is 258 g/mol. The Morgan fingerprint density at radius 3 is 2.47 bits per heavy atom. The third kappa shape index (κ3) is 4.08. The third-order valence-corrected chi connectivity index (χ3v) is 3.33. The van der Waals surface area contributed by atoms with Crippen LogP contribution < -0.4 is 5.32 Å². The molecule has 102 valence electrons. The molecule has 5 heteroatoms. The minimum Gasteiger partial charge on any atom is -0.338 e. The topological polar surface area (TPSA) is 51.0 Å². The van der Waals surface area contributed by atoms with Crippen LogP contribution in [0.5, 0.6) is 0 Å². The third-order valence-electron chi connectivity index (χ3n) is 2.59. The number of nitrogens with zero attached hydrogens (tertiary/aromatic N) is 2. The predicted octanol–water partition coefficient (Wildman–Crippen LogP) is 3.35. The molecule has 2 aromatic rings. The number of aromatic nitrogens is 2. The van der Waals surface area contributed by atoms with Gasteiger partial charge in [0.2, 0.25) is 11.7 Å². The molecule has 0 spiro atoms. The number of hydrogen-bond donors (Lipinski definition) is 1. The summed E-state index contributed by atoms with van der Waals surface area (Å²) in [4.78, 5) is 5.62. The molecule has 0 bridgehead atoms. The van der Waals surface area contributed by atoms with Crippen LogP contribution in [0, 0.1) is 0 Å². The number of rotatable bonds is 4. The molecule has 0 radical (unpaired) electrons. The first kappa shape index (κ1) is 14.1. The van der Waals surface area contributed by atoms with E-state index in [4.69, 9.17) is 4.52 Å². The zero-order chi connectivity index (χ0) is 13.9. The van der Waals surface area contributed by atoms with Crippen molar-refractivity contribution < 1.29 is 4.52 Å². The molecule has 0 amide bonds. The first-order valence-corrected chi connectivity index (χ1v) is 7.42. The Morgan fingerprint density at radius 2 is 1.89 bits per heavy atom. The fourth-order valence-electron chi connectivity index (χ4n) is 1.52. The van der Waals surface area contributed by atoms with E-state index >= 15 is 0 Å². The molecule has 0 aliphatic carbocycles. The van der Waals surface area contributed by atoms with E-state index in [-0.39, 0.29) is 5.54 Å². The van der Waals surface area contributed by atoms with Gasteiger partial charge in [0.25, 0.3) is 0 Å². The maximum Gasteiger partial charge on any atom is 0.240 e. The van der Waals surface area contributed by atoms with Crippen LogP contribution in [0.4, 0.5) is 0 Å². The molecule has 0 saturated heterocycles. The lowest BCUT2D eigenvalue weighted by Gasteiger charge is -2.18. The number of benzene rings is 1. The van der Waals surface area contributed by atoms with E-state index in [1.165, 1.54) is 4.90 Å². The first-order chi connectivity index (χ1) is 8.98. The first-order valence-electron chi connectivity index (χ1n) is 6.20. The van der Waals surface area contributed by atoms with Gasteiger partial charge in [-0.3, -0.25) is 0 Å². The highest BCUT2D eigenvalue weighted by molar-refractivity contribution is 7.98. The van der Waals surface area contributed by atoms with E-state index in [1.54, 1.807) is 11.8 Å². The van der Waals surface area contributed by atoms with E-state index in [2.05, 4.69) is 54.6 Å².